The number of rotatable bonds is 3. The largest absolute Gasteiger partial charge is 0.481 e. The summed E-state index contributed by atoms with van der Waals surface area (Å²) in [5.74, 6) is -0.566. The first-order valence-electron chi connectivity index (χ1n) is 3.51. The van der Waals surface area contributed by atoms with Crippen LogP contribution < -0.4 is 4.74 Å². The van der Waals surface area contributed by atoms with Gasteiger partial charge in [0.05, 0.1) is 12.7 Å². The van der Waals surface area contributed by atoms with Crippen LogP contribution >= 0.6 is 15.9 Å². The first kappa shape index (κ1) is 9.98. The minimum atomic E-state index is -0.982. The molecule has 0 aliphatic heterocycles. The van der Waals surface area contributed by atoms with Crippen molar-refractivity contribution in [3.8, 4) is 5.88 Å². The minimum Gasteiger partial charge on any atom is -0.481 e. The summed E-state index contributed by atoms with van der Waals surface area (Å²) in [5.41, 5.74) is 0.844. The molecule has 1 aromatic rings. The van der Waals surface area contributed by atoms with Crippen molar-refractivity contribution in [1.29, 1.82) is 0 Å². The zero-order valence-electron chi connectivity index (χ0n) is 6.95. The van der Waals surface area contributed by atoms with Crippen molar-refractivity contribution < 1.29 is 14.6 Å². The molecule has 0 spiro atoms. The van der Waals surface area contributed by atoms with E-state index in [2.05, 4.69) is 20.9 Å². The molecular formula is C8H8BrNO3. The molecule has 1 aromatic heterocycles. The molecule has 0 saturated heterocycles. The third-order valence-corrected chi connectivity index (χ3v) is 2.15. The Hall–Kier alpha value is -1.10. The van der Waals surface area contributed by atoms with Gasteiger partial charge < -0.3 is 9.84 Å². The molecule has 0 radical (unpaired) electrons. The molecular weight excluding hydrogens is 238 g/mol. The predicted octanol–water partition coefficient (Wildman–Crippen LogP) is 1.68. The molecule has 0 unspecified atom stereocenters. The third-order valence-electron chi connectivity index (χ3n) is 1.55. The van der Waals surface area contributed by atoms with Gasteiger partial charge in [-0.2, -0.15) is 0 Å². The van der Waals surface area contributed by atoms with Crippen LogP contribution in [-0.4, -0.2) is 23.2 Å². The number of alkyl halides is 1. The highest BCUT2D eigenvalue weighted by molar-refractivity contribution is 9.08. The Labute approximate surface area is 83.7 Å². The molecule has 0 aliphatic carbocycles. The number of hydrogen-bond acceptors (Lipinski definition) is 3. The van der Waals surface area contributed by atoms with Gasteiger partial charge in [0, 0.05) is 17.6 Å². The maximum atomic E-state index is 10.7. The number of aromatic carboxylic acids is 1. The first-order valence-corrected chi connectivity index (χ1v) is 4.63. The molecule has 1 heterocycles. The minimum absolute atomic E-state index is 0.192. The molecule has 1 rings (SSSR count). The number of hydrogen-bond donors (Lipinski definition) is 1. The number of carboxylic acid groups (broad SMARTS) is 1. The fourth-order valence-electron chi connectivity index (χ4n) is 0.890. The van der Waals surface area contributed by atoms with Gasteiger partial charge in [-0.1, -0.05) is 15.9 Å². The summed E-state index contributed by atoms with van der Waals surface area (Å²) in [4.78, 5) is 14.5. The maximum Gasteiger partial charge on any atom is 0.337 e. The molecule has 13 heavy (non-hydrogen) atoms. The van der Waals surface area contributed by atoms with Crippen molar-refractivity contribution >= 4 is 21.9 Å². The van der Waals surface area contributed by atoms with E-state index in [1.807, 2.05) is 0 Å². The number of carbonyl (C=O) groups is 1. The van der Waals surface area contributed by atoms with Crippen LogP contribution in [0.1, 0.15) is 15.9 Å². The Morgan fingerprint density at radius 1 is 1.77 bits per heavy atom. The second-order valence-corrected chi connectivity index (χ2v) is 2.88. The topological polar surface area (TPSA) is 59.4 Å². The summed E-state index contributed by atoms with van der Waals surface area (Å²) in [5, 5.41) is 9.22. The van der Waals surface area contributed by atoms with E-state index in [4.69, 9.17) is 9.84 Å². The fourth-order valence-corrected chi connectivity index (χ4v) is 1.35. The van der Waals surface area contributed by atoms with Gasteiger partial charge in [-0.25, -0.2) is 9.78 Å². The first-order chi connectivity index (χ1) is 6.19. The highest BCUT2D eigenvalue weighted by Crippen LogP contribution is 2.16. The smallest absolute Gasteiger partial charge is 0.337 e. The van der Waals surface area contributed by atoms with E-state index < -0.39 is 5.97 Å². The maximum absolute atomic E-state index is 10.7. The lowest BCUT2D eigenvalue weighted by molar-refractivity contribution is 0.0695. The molecule has 0 aromatic carbocycles. The highest BCUT2D eigenvalue weighted by atomic mass is 79.9. The van der Waals surface area contributed by atoms with E-state index in [9.17, 15) is 4.79 Å². The monoisotopic (exact) mass is 245 g/mol. The van der Waals surface area contributed by atoms with E-state index in [1.54, 1.807) is 6.07 Å². The Kier molecular flexibility index (Phi) is 3.25. The molecule has 0 bridgehead atoms. The van der Waals surface area contributed by atoms with E-state index >= 15 is 0 Å². The van der Waals surface area contributed by atoms with Crippen molar-refractivity contribution in [2.24, 2.45) is 0 Å². The normalized spacial score (nSPS) is 9.69. The van der Waals surface area contributed by atoms with Crippen molar-refractivity contribution in [1.82, 2.24) is 4.98 Å². The van der Waals surface area contributed by atoms with Crippen molar-refractivity contribution in [3.05, 3.63) is 23.4 Å². The molecule has 0 aliphatic rings. The van der Waals surface area contributed by atoms with E-state index in [0.29, 0.717) is 16.8 Å². The highest BCUT2D eigenvalue weighted by Gasteiger charge is 2.10. The van der Waals surface area contributed by atoms with E-state index in [-0.39, 0.29) is 5.56 Å². The van der Waals surface area contributed by atoms with Crippen LogP contribution in [0.5, 0.6) is 5.88 Å². The van der Waals surface area contributed by atoms with E-state index in [0.717, 1.165) is 0 Å². The standard InChI is InChI=1S/C8H8BrNO3/c1-13-7-2-5(3-9)6(4-10-7)8(11)12/h2,4H,3H2,1H3,(H,11,12). The van der Waals surface area contributed by atoms with Crippen LogP contribution in [-0.2, 0) is 5.33 Å². The molecule has 5 heteroatoms. The SMILES string of the molecule is COc1cc(CBr)c(C(=O)O)cn1. The molecule has 70 valence electrons. The average Bonchev–Trinajstić information content (AvgIpc) is 2.16. The lowest BCUT2D eigenvalue weighted by atomic mass is 10.2. The summed E-state index contributed by atoms with van der Waals surface area (Å²) in [7, 11) is 1.49. The Bertz CT molecular complexity index is 327. The van der Waals surface area contributed by atoms with Gasteiger partial charge in [-0.05, 0) is 5.56 Å². The number of carboxylic acids is 1. The van der Waals surface area contributed by atoms with Crippen molar-refractivity contribution in [3.63, 3.8) is 0 Å². The van der Waals surface area contributed by atoms with Crippen LogP contribution in [0.2, 0.25) is 0 Å². The Morgan fingerprint density at radius 3 is 2.92 bits per heavy atom. The second kappa shape index (κ2) is 4.23. The predicted molar refractivity (Wildman–Crippen MR) is 50.4 cm³/mol. The summed E-state index contributed by atoms with van der Waals surface area (Å²) in [6.45, 7) is 0. The molecule has 0 saturated carbocycles. The summed E-state index contributed by atoms with van der Waals surface area (Å²) in [6.07, 6.45) is 1.29. The van der Waals surface area contributed by atoms with E-state index in [1.165, 1.54) is 13.3 Å². The van der Waals surface area contributed by atoms with Crippen LogP contribution in [0.15, 0.2) is 12.3 Å². The average molecular weight is 246 g/mol. The second-order valence-electron chi connectivity index (χ2n) is 2.32. The Balaban J connectivity index is 3.15. The summed E-state index contributed by atoms with van der Waals surface area (Å²) >= 11 is 3.19. The van der Waals surface area contributed by atoms with Crippen LogP contribution in [0.4, 0.5) is 0 Å². The molecule has 1 N–H and O–H groups in total. The van der Waals surface area contributed by atoms with Gasteiger partial charge in [0.25, 0.3) is 0 Å². The van der Waals surface area contributed by atoms with Gasteiger partial charge in [-0.3, -0.25) is 0 Å². The van der Waals surface area contributed by atoms with Gasteiger partial charge in [0.2, 0.25) is 5.88 Å². The lowest BCUT2D eigenvalue weighted by Crippen LogP contribution is -2.02. The lowest BCUT2D eigenvalue weighted by Gasteiger charge is -2.04. The number of methoxy groups -OCH3 is 1. The number of nitrogens with zero attached hydrogens (tertiary/aromatic N) is 1. The van der Waals surface area contributed by atoms with Crippen LogP contribution in [0.3, 0.4) is 0 Å². The molecule has 0 amide bonds. The van der Waals surface area contributed by atoms with Crippen molar-refractivity contribution in [2.75, 3.05) is 7.11 Å². The third kappa shape index (κ3) is 2.18. The summed E-state index contributed by atoms with van der Waals surface area (Å²) < 4.78 is 4.87. The number of halogens is 1. The Morgan fingerprint density at radius 2 is 2.46 bits per heavy atom. The van der Waals surface area contributed by atoms with Gasteiger partial charge in [0.1, 0.15) is 0 Å². The molecule has 4 nitrogen and oxygen atoms in total. The quantitative estimate of drug-likeness (QED) is 0.824. The van der Waals surface area contributed by atoms with Gasteiger partial charge in [0.15, 0.2) is 0 Å². The van der Waals surface area contributed by atoms with Crippen LogP contribution in [0.25, 0.3) is 0 Å². The fraction of sp³-hybridized carbons (Fsp3) is 0.250. The summed E-state index contributed by atoms with van der Waals surface area (Å²) in [6, 6.07) is 1.60. The van der Waals surface area contributed by atoms with Crippen LogP contribution in [0, 0.1) is 0 Å². The van der Waals surface area contributed by atoms with Crippen molar-refractivity contribution in [2.45, 2.75) is 5.33 Å². The van der Waals surface area contributed by atoms with Gasteiger partial charge >= 0.3 is 5.97 Å². The zero-order chi connectivity index (χ0) is 9.84. The molecule has 0 atom stereocenters. The van der Waals surface area contributed by atoms with Gasteiger partial charge in [-0.15, -0.1) is 0 Å². The number of ether oxygens (including phenoxy) is 1. The molecule has 0 fully saturated rings. The number of aromatic nitrogens is 1. The number of pyridine rings is 1. The zero-order valence-corrected chi connectivity index (χ0v) is 8.54.